The van der Waals surface area contributed by atoms with Crippen molar-refractivity contribution >= 4 is 15.9 Å². The predicted octanol–water partition coefficient (Wildman–Crippen LogP) is 3.03. The van der Waals surface area contributed by atoms with Crippen LogP contribution < -0.4 is 15.0 Å². The van der Waals surface area contributed by atoms with Crippen LogP contribution in [0.3, 0.4) is 0 Å². The van der Waals surface area contributed by atoms with Gasteiger partial charge in [0, 0.05) is 0 Å². The van der Waals surface area contributed by atoms with E-state index in [1.54, 1.807) is 25.1 Å². The molecule has 0 radical (unpaired) electrons. The summed E-state index contributed by atoms with van der Waals surface area (Å²) in [6, 6.07) is 12.2. The molecular formula is C20H26N2O4S. The van der Waals surface area contributed by atoms with Gasteiger partial charge in [0.05, 0.1) is 4.90 Å². The Morgan fingerprint density at radius 2 is 1.78 bits per heavy atom. The molecule has 146 valence electrons. The summed E-state index contributed by atoms with van der Waals surface area (Å²) in [4.78, 5) is 14.4. The molecule has 1 atom stereocenters. The fourth-order valence-electron chi connectivity index (χ4n) is 2.50. The Kier molecular flexibility index (Phi) is 6.98. The maximum absolute atomic E-state index is 12.3. The average molecular weight is 391 g/mol. The summed E-state index contributed by atoms with van der Waals surface area (Å²) in [5.41, 5.74) is 5.26. The number of aryl methyl sites for hydroxylation is 2. The Balaban J connectivity index is 1.97. The lowest BCUT2D eigenvalue weighted by Gasteiger charge is -2.17. The molecule has 1 amide bonds. The van der Waals surface area contributed by atoms with Gasteiger partial charge in [-0.1, -0.05) is 37.6 Å². The molecule has 0 aliphatic heterocycles. The van der Waals surface area contributed by atoms with Crippen LogP contribution >= 0.6 is 0 Å². The Bertz CT molecular complexity index is 893. The highest BCUT2D eigenvalue weighted by molar-refractivity contribution is 7.89. The number of rotatable bonds is 8. The van der Waals surface area contributed by atoms with Crippen molar-refractivity contribution < 1.29 is 17.9 Å². The molecule has 2 rings (SSSR count). The van der Waals surface area contributed by atoms with Crippen molar-refractivity contribution in [1.29, 1.82) is 0 Å². The van der Waals surface area contributed by atoms with E-state index in [0.29, 0.717) is 5.75 Å². The molecule has 0 aliphatic carbocycles. The molecule has 0 aliphatic rings. The van der Waals surface area contributed by atoms with Gasteiger partial charge in [-0.05, 0) is 62.1 Å². The van der Waals surface area contributed by atoms with E-state index in [2.05, 4.69) is 17.2 Å². The van der Waals surface area contributed by atoms with Gasteiger partial charge in [-0.15, -0.1) is 4.83 Å². The van der Waals surface area contributed by atoms with Crippen LogP contribution in [0.25, 0.3) is 0 Å². The number of carbonyl (C=O) groups excluding carboxylic acids is 1. The third-order valence-electron chi connectivity index (χ3n) is 4.31. The number of ether oxygens (including phenoxy) is 1. The molecule has 2 N–H and O–H groups in total. The second-order valence-electron chi connectivity index (χ2n) is 6.45. The van der Waals surface area contributed by atoms with E-state index in [1.165, 1.54) is 12.1 Å². The number of hydrogen-bond donors (Lipinski definition) is 2. The van der Waals surface area contributed by atoms with Crippen LogP contribution in [-0.4, -0.2) is 20.4 Å². The molecule has 2 aromatic rings. The van der Waals surface area contributed by atoms with E-state index in [1.807, 2.05) is 26.0 Å². The monoisotopic (exact) mass is 390 g/mol. The minimum absolute atomic E-state index is 0.0887. The second-order valence-corrected chi connectivity index (χ2v) is 8.13. The summed E-state index contributed by atoms with van der Waals surface area (Å²) in [5, 5.41) is 0. The smallest absolute Gasteiger partial charge is 0.275 e. The molecule has 0 heterocycles. The van der Waals surface area contributed by atoms with E-state index in [9.17, 15) is 13.2 Å². The first-order valence-corrected chi connectivity index (χ1v) is 10.4. The van der Waals surface area contributed by atoms with Crippen LogP contribution in [0.4, 0.5) is 0 Å². The third kappa shape index (κ3) is 5.55. The first kappa shape index (κ1) is 20.9. The lowest BCUT2D eigenvalue weighted by molar-refractivity contribution is -0.127. The minimum atomic E-state index is -3.85. The predicted molar refractivity (Wildman–Crippen MR) is 105 cm³/mol. The minimum Gasteiger partial charge on any atom is -0.481 e. The van der Waals surface area contributed by atoms with Gasteiger partial charge in [0.1, 0.15) is 5.75 Å². The van der Waals surface area contributed by atoms with E-state index in [-0.39, 0.29) is 4.90 Å². The van der Waals surface area contributed by atoms with Crippen molar-refractivity contribution in [3.05, 3.63) is 59.2 Å². The van der Waals surface area contributed by atoms with Gasteiger partial charge < -0.3 is 4.74 Å². The van der Waals surface area contributed by atoms with Gasteiger partial charge in [0.2, 0.25) is 0 Å². The van der Waals surface area contributed by atoms with Crippen LogP contribution in [0.2, 0.25) is 0 Å². The number of carbonyl (C=O) groups is 1. The second kappa shape index (κ2) is 9.01. The Labute approximate surface area is 161 Å². The standard InChI is InChI=1S/C20H26N2O4S/c1-5-7-17-10-12-18(13-11-17)27(24,25)22-21-20(23)16(4)26-19-9-6-8-14(2)15(19)3/h6,8-13,16,22H,5,7H2,1-4H3,(H,21,23)/t16-/m0/s1. The van der Waals surface area contributed by atoms with Gasteiger partial charge in [-0.25, -0.2) is 8.42 Å². The van der Waals surface area contributed by atoms with Gasteiger partial charge >= 0.3 is 0 Å². The molecule has 0 unspecified atom stereocenters. The molecule has 0 bridgehead atoms. The summed E-state index contributed by atoms with van der Waals surface area (Å²) in [5.74, 6) is 0.00843. The quantitative estimate of drug-likeness (QED) is 0.679. The normalized spacial score (nSPS) is 12.4. The number of amides is 1. The van der Waals surface area contributed by atoms with Crippen molar-refractivity contribution in [2.45, 2.75) is 51.5 Å². The zero-order valence-electron chi connectivity index (χ0n) is 16.1. The van der Waals surface area contributed by atoms with Crippen LogP contribution in [0, 0.1) is 13.8 Å². The zero-order chi connectivity index (χ0) is 20.0. The molecule has 0 fully saturated rings. The molecule has 0 saturated carbocycles. The van der Waals surface area contributed by atoms with Crippen LogP contribution in [-0.2, 0) is 21.2 Å². The average Bonchev–Trinajstić information content (AvgIpc) is 2.64. The fourth-order valence-corrected chi connectivity index (χ4v) is 3.34. The number of hydrazine groups is 1. The molecule has 0 spiro atoms. The summed E-state index contributed by atoms with van der Waals surface area (Å²) >= 11 is 0. The van der Waals surface area contributed by atoms with Crippen LogP contribution in [0.15, 0.2) is 47.4 Å². The summed E-state index contributed by atoms with van der Waals surface area (Å²) < 4.78 is 30.3. The maximum Gasteiger partial charge on any atom is 0.275 e. The van der Waals surface area contributed by atoms with Crippen molar-refractivity contribution in [2.75, 3.05) is 0 Å². The van der Waals surface area contributed by atoms with Gasteiger partial charge in [0.15, 0.2) is 6.10 Å². The molecule has 0 saturated heterocycles. The Hall–Kier alpha value is -2.38. The number of benzene rings is 2. The summed E-state index contributed by atoms with van der Waals surface area (Å²) in [6.45, 7) is 7.47. The number of hydrogen-bond acceptors (Lipinski definition) is 4. The molecule has 6 nitrogen and oxygen atoms in total. The van der Waals surface area contributed by atoms with Gasteiger partial charge in [0.25, 0.3) is 15.9 Å². The highest BCUT2D eigenvalue weighted by Gasteiger charge is 2.20. The van der Waals surface area contributed by atoms with E-state index >= 15 is 0 Å². The maximum atomic E-state index is 12.3. The molecule has 7 heteroatoms. The zero-order valence-corrected chi connectivity index (χ0v) is 16.9. The Morgan fingerprint density at radius 3 is 2.41 bits per heavy atom. The first-order chi connectivity index (χ1) is 12.7. The van der Waals surface area contributed by atoms with Crippen LogP contribution in [0.5, 0.6) is 5.75 Å². The fraction of sp³-hybridized carbons (Fsp3) is 0.350. The molecule has 2 aromatic carbocycles. The van der Waals surface area contributed by atoms with Crippen molar-refractivity contribution in [2.24, 2.45) is 0 Å². The lowest BCUT2D eigenvalue weighted by atomic mass is 10.1. The third-order valence-corrected chi connectivity index (χ3v) is 5.57. The molecule has 27 heavy (non-hydrogen) atoms. The van der Waals surface area contributed by atoms with E-state index < -0.39 is 22.0 Å². The molecule has 0 aromatic heterocycles. The Morgan fingerprint density at radius 1 is 1.11 bits per heavy atom. The van der Waals surface area contributed by atoms with E-state index in [0.717, 1.165) is 29.5 Å². The van der Waals surface area contributed by atoms with Crippen molar-refractivity contribution in [3.63, 3.8) is 0 Å². The van der Waals surface area contributed by atoms with Gasteiger partial charge in [-0.3, -0.25) is 10.2 Å². The largest absolute Gasteiger partial charge is 0.481 e. The van der Waals surface area contributed by atoms with E-state index in [4.69, 9.17) is 4.74 Å². The van der Waals surface area contributed by atoms with Crippen molar-refractivity contribution in [3.8, 4) is 5.75 Å². The SMILES string of the molecule is CCCc1ccc(S(=O)(=O)NNC(=O)[C@H](C)Oc2cccc(C)c2C)cc1. The first-order valence-electron chi connectivity index (χ1n) is 8.88. The highest BCUT2D eigenvalue weighted by Crippen LogP contribution is 2.21. The topological polar surface area (TPSA) is 84.5 Å². The number of sulfonamides is 1. The number of nitrogens with one attached hydrogen (secondary N) is 2. The summed E-state index contributed by atoms with van der Waals surface area (Å²) in [6.07, 6.45) is 1.01. The lowest BCUT2D eigenvalue weighted by Crippen LogP contribution is -2.47. The van der Waals surface area contributed by atoms with Crippen molar-refractivity contribution in [1.82, 2.24) is 10.3 Å². The van der Waals surface area contributed by atoms with Gasteiger partial charge in [-0.2, -0.15) is 0 Å². The highest BCUT2D eigenvalue weighted by atomic mass is 32.2. The van der Waals surface area contributed by atoms with Crippen LogP contribution in [0.1, 0.15) is 37.0 Å². The molecular weight excluding hydrogens is 364 g/mol. The summed E-state index contributed by atoms with van der Waals surface area (Å²) in [7, 11) is -3.85.